The van der Waals surface area contributed by atoms with Crippen molar-refractivity contribution in [2.24, 2.45) is 5.92 Å². The van der Waals surface area contributed by atoms with Gasteiger partial charge in [0.25, 0.3) is 0 Å². The Bertz CT molecular complexity index is 245. The van der Waals surface area contributed by atoms with Crippen LogP contribution in [0.1, 0.15) is 39.5 Å². The van der Waals surface area contributed by atoms with E-state index in [1.807, 2.05) is 13.8 Å². The number of cyclic esters (lactones) is 1. The maximum atomic E-state index is 11.3. The molecule has 2 aliphatic rings. The van der Waals surface area contributed by atoms with Gasteiger partial charge in [0.2, 0.25) is 0 Å². The van der Waals surface area contributed by atoms with Crippen LogP contribution in [0.2, 0.25) is 0 Å². The summed E-state index contributed by atoms with van der Waals surface area (Å²) in [5.41, 5.74) is 0. The van der Waals surface area contributed by atoms with Crippen LogP contribution in [0.3, 0.4) is 0 Å². The van der Waals surface area contributed by atoms with Crippen LogP contribution in [0.15, 0.2) is 0 Å². The fraction of sp³-hybridized carbons (Fsp3) is 0.917. The average molecular weight is 228 g/mol. The first-order chi connectivity index (χ1) is 7.66. The van der Waals surface area contributed by atoms with E-state index in [-0.39, 0.29) is 24.5 Å². The van der Waals surface area contributed by atoms with Crippen molar-refractivity contribution in [3.05, 3.63) is 0 Å². The summed E-state index contributed by atoms with van der Waals surface area (Å²) in [6.45, 7) is 4.85. The smallest absolute Gasteiger partial charge is 0.308 e. The normalized spacial score (nSPS) is 35.4. The first kappa shape index (κ1) is 11.9. The van der Waals surface area contributed by atoms with Crippen LogP contribution >= 0.6 is 0 Å². The van der Waals surface area contributed by atoms with E-state index in [0.717, 1.165) is 25.9 Å². The van der Waals surface area contributed by atoms with Crippen LogP contribution in [-0.4, -0.2) is 31.1 Å². The fourth-order valence-corrected chi connectivity index (χ4v) is 2.26. The Morgan fingerprint density at radius 1 is 1.38 bits per heavy atom. The molecule has 0 saturated carbocycles. The summed E-state index contributed by atoms with van der Waals surface area (Å²) in [6.07, 6.45) is 3.15. The molecule has 0 N–H and O–H groups in total. The summed E-state index contributed by atoms with van der Waals surface area (Å²) >= 11 is 0. The third-order valence-corrected chi connectivity index (χ3v) is 3.12. The number of carbonyl (C=O) groups is 1. The van der Waals surface area contributed by atoms with Crippen LogP contribution in [0.4, 0.5) is 0 Å². The molecule has 0 radical (unpaired) electrons. The molecule has 0 spiro atoms. The lowest BCUT2D eigenvalue weighted by molar-refractivity contribution is -0.199. The molecule has 0 aromatic carbocycles. The Hall–Kier alpha value is -0.610. The molecule has 2 fully saturated rings. The quantitative estimate of drug-likeness (QED) is 0.692. The third kappa shape index (κ3) is 2.74. The molecule has 0 amide bonds. The zero-order valence-electron chi connectivity index (χ0n) is 9.98. The summed E-state index contributed by atoms with van der Waals surface area (Å²) in [5.74, 6) is 0.138. The highest BCUT2D eigenvalue weighted by atomic mass is 16.7. The highest BCUT2D eigenvalue weighted by Crippen LogP contribution is 2.27. The number of hydrogen-bond acceptors (Lipinski definition) is 4. The molecule has 92 valence electrons. The second kappa shape index (κ2) is 5.15. The first-order valence-corrected chi connectivity index (χ1v) is 6.13. The van der Waals surface area contributed by atoms with Crippen molar-refractivity contribution >= 4 is 5.97 Å². The minimum absolute atomic E-state index is 0.113. The van der Waals surface area contributed by atoms with Crippen molar-refractivity contribution in [1.82, 2.24) is 0 Å². The Balaban J connectivity index is 1.89. The van der Waals surface area contributed by atoms with Gasteiger partial charge in [0.15, 0.2) is 6.29 Å². The molecule has 2 heterocycles. The second-order valence-corrected chi connectivity index (χ2v) is 4.87. The van der Waals surface area contributed by atoms with Crippen molar-refractivity contribution in [3.8, 4) is 0 Å². The van der Waals surface area contributed by atoms with Crippen LogP contribution in [-0.2, 0) is 19.0 Å². The summed E-state index contributed by atoms with van der Waals surface area (Å²) in [5, 5.41) is 0. The molecule has 0 aliphatic carbocycles. The van der Waals surface area contributed by atoms with Crippen LogP contribution < -0.4 is 0 Å². The van der Waals surface area contributed by atoms with E-state index in [0.29, 0.717) is 12.3 Å². The summed E-state index contributed by atoms with van der Waals surface area (Å²) in [4.78, 5) is 11.3. The van der Waals surface area contributed by atoms with E-state index in [2.05, 4.69) is 0 Å². The van der Waals surface area contributed by atoms with Crippen molar-refractivity contribution in [3.63, 3.8) is 0 Å². The van der Waals surface area contributed by atoms with Gasteiger partial charge < -0.3 is 14.2 Å². The highest BCUT2D eigenvalue weighted by molar-refractivity contribution is 5.72. The lowest BCUT2D eigenvalue weighted by Crippen LogP contribution is -2.35. The molecule has 0 aromatic heterocycles. The fourth-order valence-electron chi connectivity index (χ4n) is 2.26. The maximum Gasteiger partial charge on any atom is 0.308 e. The number of hydrogen-bond donors (Lipinski definition) is 0. The number of ether oxygens (including phenoxy) is 3. The maximum absolute atomic E-state index is 11.3. The number of carbonyl (C=O) groups excluding carboxylic acids is 1. The van der Waals surface area contributed by atoms with Crippen molar-refractivity contribution < 1.29 is 19.0 Å². The minimum atomic E-state index is -0.153. The van der Waals surface area contributed by atoms with Crippen molar-refractivity contribution in [1.29, 1.82) is 0 Å². The number of rotatable bonds is 3. The Labute approximate surface area is 96.2 Å². The van der Waals surface area contributed by atoms with Gasteiger partial charge in [0.05, 0.1) is 6.42 Å². The van der Waals surface area contributed by atoms with Crippen molar-refractivity contribution in [2.45, 2.75) is 58.0 Å². The van der Waals surface area contributed by atoms with E-state index >= 15 is 0 Å². The monoisotopic (exact) mass is 228 g/mol. The van der Waals surface area contributed by atoms with E-state index in [1.54, 1.807) is 0 Å². The van der Waals surface area contributed by atoms with Crippen LogP contribution in [0, 0.1) is 5.92 Å². The van der Waals surface area contributed by atoms with E-state index < -0.39 is 0 Å². The lowest BCUT2D eigenvalue weighted by atomic mass is 10.0. The molecule has 16 heavy (non-hydrogen) atoms. The average Bonchev–Trinajstić information content (AvgIpc) is 2.61. The van der Waals surface area contributed by atoms with Crippen molar-refractivity contribution in [2.75, 3.05) is 6.61 Å². The Morgan fingerprint density at radius 2 is 2.19 bits per heavy atom. The van der Waals surface area contributed by atoms with E-state index in [4.69, 9.17) is 14.2 Å². The van der Waals surface area contributed by atoms with Crippen LogP contribution in [0.5, 0.6) is 0 Å². The lowest BCUT2D eigenvalue weighted by Gasteiger charge is -2.28. The van der Waals surface area contributed by atoms with Gasteiger partial charge in [0.1, 0.15) is 12.2 Å². The molecule has 1 unspecified atom stereocenters. The predicted molar refractivity (Wildman–Crippen MR) is 57.8 cm³/mol. The van der Waals surface area contributed by atoms with E-state index in [9.17, 15) is 4.79 Å². The Kier molecular flexibility index (Phi) is 3.82. The molecule has 4 heteroatoms. The largest absolute Gasteiger partial charge is 0.459 e. The zero-order chi connectivity index (χ0) is 11.5. The third-order valence-electron chi connectivity index (χ3n) is 3.12. The van der Waals surface area contributed by atoms with Gasteiger partial charge >= 0.3 is 5.97 Å². The van der Waals surface area contributed by atoms with Gasteiger partial charge in [-0.15, -0.1) is 0 Å². The minimum Gasteiger partial charge on any atom is -0.459 e. The molecule has 2 aliphatic heterocycles. The number of esters is 1. The summed E-state index contributed by atoms with van der Waals surface area (Å²) < 4.78 is 16.6. The summed E-state index contributed by atoms with van der Waals surface area (Å²) in [7, 11) is 0. The molecule has 4 nitrogen and oxygen atoms in total. The van der Waals surface area contributed by atoms with Gasteiger partial charge in [-0.2, -0.15) is 0 Å². The first-order valence-electron chi connectivity index (χ1n) is 6.13. The van der Waals surface area contributed by atoms with Crippen LogP contribution in [0.25, 0.3) is 0 Å². The predicted octanol–water partition coefficient (Wildman–Crippen LogP) is 1.87. The second-order valence-electron chi connectivity index (χ2n) is 4.87. The molecular formula is C12H20O4. The van der Waals surface area contributed by atoms with Gasteiger partial charge in [-0.3, -0.25) is 4.79 Å². The highest BCUT2D eigenvalue weighted by Gasteiger charge is 2.39. The molecule has 0 aromatic rings. The standard InChI is InChI=1S/C12H20O4/c1-8(2)12-9(7-10(13)16-12)15-11-5-3-4-6-14-11/h8-9,11-12H,3-7H2,1-2H3/t9-,11?,12+/m1/s1. The SMILES string of the molecule is CC(C)[C@@H]1OC(=O)C[C@H]1OC1CCCCO1. The van der Waals surface area contributed by atoms with Gasteiger partial charge in [-0.1, -0.05) is 13.8 Å². The van der Waals surface area contributed by atoms with E-state index in [1.165, 1.54) is 0 Å². The molecule has 0 bridgehead atoms. The topological polar surface area (TPSA) is 44.8 Å². The molecular weight excluding hydrogens is 208 g/mol. The van der Waals surface area contributed by atoms with Gasteiger partial charge in [-0.25, -0.2) is 0 Å². The zero-order valence-corrected chi connectivity index (χ0v) is 9.98. The molecule has 2 saturated heterocycles. The molecule has 3 atom stereocenters. The van der Waals surface area contributed by atoms with Gasteiger partial charge in [-0.05, 0) is 25.2 Å². The summed E-state index contributed by atoms with van der Waals surface area (Å²) in [6, 6.07) is 0. The Morgan fingerprint density at radius 3 is 2.81 bits per heavy atom. The molecule has 2 rings (SSSR count). The van der Waals surface area contributed by atoms with Gasteiger partial charge in [0, 0.05) is 6.61 Å².